The van der Waals surface area contributed by atoms with Crippen molar-refractivity contribution in [3.05, 3.63) is 0 Å². The summed E-state index contributed by atoms with van der Waals surface area (Å²) in [6.45, 7) is 0. The zero-order valence-electron chi connectivity index (χ0n) is 2.70. The average molecular weight is 185 g/mol. The maximum atomic E-state index is 0. The van der Waals surface area contributed by atoms with Crippen LogP contribution in [0.5, 0.6) is 0 Å². The summed E-state index contributed by atoms with van der Waals surface area (Å²) in [6, 6.07) is 0. The maximum Gasteiger partial charge on any atom is 1.00 e. The van der Waals surface area contributed by atoms with E-state index in [0.717, 1.165) is 0 Å². The molecule has 0 aliphatic rings. The van der Waals surface area contributed by atoms with Crippen molar-refractivity contribution in [1.29, 1.82) is 0 Å². The Morgan fingerprint density at radius 1 is 0.800 bits per heavy atom. The van der Waals surface area contributed by atoms with Crippen LogP contribution >= 0.6 is 0 Å². The summed E-state index contributed by atoms with van der Waals surface area (Å²) in [6.07, 6.45) is 0. The first-order valence-electron chi connectivity index (χ1n) is 0. The second-order valence-corrected chi connectivity index (χ2v) is 0. The van der Waals surface area contributed by atoms with Gasteiger partial charge >= 0.3 is 51.4 Å². The van der Waals surface area contributed by atoms with Crippen LogP contribution in [0.15, 0.2) is 0 Å². The Balaban J connectivity index is 0. The van der Waals surface area contributed by atoms with Gasteiger partial charge in [-0.05, 0) is 0 Å². The molecule has 0 heterocycles. The van der Waals surface area contributed by atoms with E-state index in [1.165, 1.54) is 0 Å². The average Bonchev–Trinajstić information content (AvgIpc) is 0. The molecule has 0 bridgehead atoms. The van der Waals surface area contributed by atoms with Gasteiger partial charge in [-0.3, -0.25) is 0 Å². The normalized spacial score (nSPS) is 0. The third-order valence-electron chi connectivity index (χ3n) is 0. The smallest absolute Gasteiger partial charge is 0.870 e. The van der Waals surface area contributed by atoms with Gasteiger partial charge in [-0.2, -0.15) is 0 Å². The SMILES string of the molecule is [K+].[N].[N].[OH-].[Ru]. The van der Waals surface area contributed by atoms with Gasteiger partial charge in [0.1, 0.15) is 0 Å². The molecule has 0 saturated heterocycles. The van der Waals surface area contributed by atoms with Gasteiger partial charge in [0.25, 0.3) is 0 Å². The van der Waals surface area contributed by atoms with Gasteiger partial charge < -0.3 is 5.48 Å². The molecule has 0 aromatic rings. The van der Waals surface area contributed by atoms with Crippen molar-refractivity contribution in [3.63, 3.8) is 0 Å². The summed E-state index contributed by atoms with van der Waals surface area (Å²) >= 11 is 0. The van der Waals surface area contributed by atoms with Crippen molar-refractivity contribution in [2.24, 2.45) is 0 Å². The van der Waals surface area contributed by atoms with Gasteiger partial charge in [-0.25, -0.2) is 0 Å². The van der Waals surface area contributed by atoms with Gasteiger partial charge in [0.05, 0.1) is 0 Å². The van der Waals surface area contributed by atoms with Gasteiger partial charge in [0.2, 0.25) is 0 Å². The molecule has 0 aromatic heterocycles. The Morgan fingerprint density at radius 2 is 0.800 bits per heavy atom. The van der Waals surface area contributed by atoms with Crippen molar-refractivity contribution in [2.45, 2.75) is 0 Å². The van der Waals surface area contributed by atoms with Crippen molar-refractivity contribution in [1.82, 2.24) is 12.3 Å². The van der Waals surface area contributed by atoms with Gasteiger partial charge in [-0.15, -0.1) is 0 Å². The molecule has 0 unspecified atom stereocenters. The fourth-order valence-electron chi connectivity index (χ4n) is 0. The predicted molar refractivity (Wildman–Crippen MR) is 6.20 cm³/mol. The molecular formula is HKN2ORu. The van der Waals surface area contributed by atoms with Crippen LogP contribution in [0.1, 0.15) is 0 Å². The molecule has 0 aliphatic carbocycles. The summed E-state index contributed by atoms with van der Waals surface area (Å²) in [5.74, 6) is 0. The number of hydrogen-bond acceptors (Lipinski definition) is 1. The summed E-state index contributed by atoms with van der Waals surface area (Å²) in [7, 11) is 0. The van der Waals surface area contributed by atoms with E-state index in [0.29, 0.717) is 0 Å². The van der Waals surface area contributed by atoms with E-state index < -0.39 is 0 Å². The molecule has 26 valence electrons. The quantitative estimate of drug-likeness (QED) is 0.352. The molecule has 5 heteroatoms. The first-order chi connectivity index (χ1) is 0. The maximum absolute atomic E-state index is 0. The third-order valence-corrected chi connectivity index (χ3v) is 0. The number of rotatable bonds is 0. The molecule has 3 nitrogen and oxygen atoms in total. The van der Waals surface area contributed by atoms with E-state index >= 15 is 0 Å². The number of nitrogens with zero attached hydrogens (tertiary/aromatic N) is 2. The minimum absolute atomic E-state index is 0. The van der Waals surface area contributed by atoms with Crippen LogP contribution in [-0.4, -0.2) is 5.48 Å². The Morgan fingerprint density at radius 3 is 0.800 bits per heavy atom. The van der Waals surface area contributed by atoms with Crippen molar-refractivity contribution >= 4 is 0 Å². The minimum Gasteiger partial charge on any atom is -0.870 e. The van der Waals surface area contributed by atoms with Crippen LogP contribution in [-0.2, 0) is 19.5 Å². The molecule has 0 spiro atoms. The third kappa shape index (κ3) is 23.0. The second kappa shape index (κ2) is 35.4. The van der Waals surface area contributed by atoms with Crippen LogP contribution < -0.4 is 63.7 Å². The Hall–Kier alpha value is 2.14. The molecule has 0 atom stereocenters. The van der Waals surface area contributed by atoms with Gasteiger partial charge in [-0.1, -0.05) is 0 Å². The van der Waals surface area contributed by atoms with Crippen molar-refractivity contribution < 1.29 is 76.3 Å². The molecule has 0 fully saturated rings. The zero-order valence-corrected chi connectivity index (χ0v) is 7.56. The van der Waals surface area contributed by atoms with Crippen molar-refractivity contribution in [3.8, 4) is 0 Å². The molecule has 0 aliphatic heterocycles. The molecule has 0 amide bonds. The molecule has 0 rings (SSSR count). The summed E-state index contributed by atoms with van der Waals surface area (Å²) in [5.41, 5.74) is 0. The molecule has 5 heavy (non-hydrogen) atoms. The van der Waals surface area contributed by atoms with Gasteiger partial charge in [0.15, 0.2) is 0 Å². The second-order valence-electron chi connectivity index (χ2n) is 0. The van der Waals surface area contributed by atoms with E-state index in [4.69, 9.17) is 0 Å². The van der Waals surface area contributed by atoms with Crippen molar-refractivity contribution in [2.75, 3.05) is 0 Å². The van der Waals surface area contributed by atoms with E-state index in [-0.39, 0.29) is 88.6 Å². The van der Waals surface area contributed by atoms with Crippen LogP contribution in [0, 0.1) is 0 Å². The van der Waals surface area contributed by atoms with Crippen LogP contribution in [0.4, 0.5) is 0 Å². The van der Waals surface area contributed by atoms with E-state index in [9.17, 15) is 0 Å². The van der Waals surface area contributed by atoms with Gasteiger partial charge in [0, 0.05) is 31.8 Å². The predicted octanol–water partition coefficient (Wildman–Crippen LogP) is -4.14. The minimum atomic E-state index is 0. The first-order valence-corrected chi connectivity index (χ1v) is 0. The summed E-state index contributed by atoms with van der Waals surface area (Å²) in [5, 5.41) is 0. The first kappa shape index (κ1) is 58.8. The zero-order chi connectivity index (χ0) is 0. The Labute approximate surface area is 86.9 Å². The fraction of sp³-hybridized carbons (Fsp3) is 0. The molecule has 1 N–H and O–H groups in total. The summed E-state index contributed by atoms with van der Waals surface area (Å²) in [4.78, 5) is 0. The van der Waals surface area contributed by atoms with E-state index in [1.807, 2.05) is 0 Å². The Bertz CT molecular complexity index is 9.61. The molecule has 0 aromatic carbocycles. The standard InChI is InChI=1S/K.2N.H2O.Ru/h;;;1H2;/q+1;;;;/p-1. The monoisotopic (exact) mass is 186 g/mol. The summed E-state index contributed by atoms with van der Waals surface area (Å²) < 4.78 is 0. The van der Waals surface area contributed by atoms with Crippen LogP contribution in [0.2, 0.25) is 0 Å². The van der Waals surface area contributed by atoms with Crippen LogP contribution in [0.25, 0.3) is 0 Å². The fourth-order valence-corrected chi connectivity index (χ4v) is 0. The van der Waals surface area contributed by atoms with Crippen LogP contribution in [0.3, 0.4) is 0 Å². The largest absolute Gasteiger partial charge is 1.00 e. The van der Waals surface area contributed by atoms with E-state index in [2.05, 4.69) is 0 Å². The molecule has 0 saturated carbocycles. The molecule has 6 radical (unpaired) electrons. The molecular weight excluding hydrogens is 184 g/mol. The number of hydrogen-bond donors (Lipinski definition) is 0. The van der Waals surface area contributed by atoms with E-state index in [1.54, 1.807) is 0 Å². The topological polar surface area (TPSA) is 91.0 Å². The Kier molecular flexibility index (Phi) is 416.